The van der Waals surface area contributed by atoms with Crippen LogP contribution in [0, 0.1) is 12.7 Å². The van der Waals surface area contributed by atoms with Crippen LogP contribution in [-0.4, -0.2) is 16.9 Å². The first-order valence-electron chi connectivity index (χ1n) is 6.18. The summed E-state index contributed by atoms with van der Waals surface area (Å²) < 4.78 is 13.9. The zero-order valence-corrected chi connectivity index (χ0v) is 11.3. The Kier molecular flexibility index (Phi) is 3.06. The number of carbonyl (C=O) groups excluding carboxylic acids is 1. The van der Waals surface area contributed by atoms with E-state index in [0.29, 0.717) is 16.1 Å². The van der Waals surface area contributed by atoms with Gasteiger partial charge in [0, 0.05) is 11.6 Å². The molecule has 0 atom stereocenters. The van der Waals surface area contributed by atoms with E-state index in [2.05, 4.69) is 10.3 Å². The Morgan fingerprint density at radius 1 is 1.42 bits per heavy atom. The fourth-order valence-corrected chi connectivity index (χ4v) is 2.83. The molecule has 3 nitrogen and oxygen atoms in total. The Morgan fingerprint density at radius 3 is 2.84 bits per heavy atom. The van der Waals surface area contributed by atoms with Crippen LogP contribution in [0.3, 0.4) is 0 Å². The second-order valence-electron chi connectivity index (χ2n) is 4.64. The number of carbonyl (C=O) groups is 1. The van der Waals surface area contributed by atoms with E-state index >= 15 is 0 Å². The predicted octanol–water partition coefficient (Wildman–Crippen LogP) is 3.15. The van der Waals surface area contributed by atoms with Gasteiger partial charge < -0.3 is 5.32 Å². The second-order valence-corrected chi connectivity index (χ2v) is 5.84. The summed E-state index contributed by atoms with van der Waals surface area (Å²) in [4.78, 5) is 17.0. The third kappa shape index (κ3) is 2.51. The van der Waals surface area contributed by atoms with Crippen LogP contribution in [0.4, 0.5) is 4.39 Å². The number of benzene rings is 1. The topological polar surface area (TPSA) is 42.0 Å². The van der Waals surface area contributed by atoms with Gasteiger partial charge in [-0.25, -0.2) is 9.37 Å². The molecular weight excluding hydrogens is 263 g/mol. The molecule has 0 saturated heterocycles. The molecule has 98 valence electrons. The van der Waals surface area contributed by atoms with Gasteiger partial charge in [-0.15, -0.1) is 11.3 Å². The van der Waals surface area contributed by atoms with Crippen molar-refractivity contribution in [2.45, 2.75) is 25.8 Å². The van der Waals surface area contributed by atoms with Gasteiger partial charge in [-0.05, 0) is 25.8 Å². The molecule has 0 bridgehead atoms. The highest BCUT2D eigenvalue weighted by atomic mass is 32.1. The zero-order valence-electron chi connectivity index (χ0n) is 10.4. The van der Waals surface area contributed by atoms with Gasteiger partial charge in [-0.2, -0.15) is 0 Å². The summed E-state index contributed by atoms with van der Waals surface area (Å²) in [5, 5.41) is 3.66. The first kappa shape index (κ1) is 12.3. The summed E-state index contributed by atoms with van der Waals surface area (Å²) in [6.45, 7) is 1.82. The summed E-state index contributed by atoms with van der Waals surface area (Å²) in [6.07, 6.45) is 2.04. The van der Waals surface area contributed by atoms with E-state index in [1.165, 1.54) is 17.4 Å². The Bertz CT molecular complexity index is 634. The fraction of sp³-hybridized carbons (Fsp3) is 0.286. The molecule has 1 saturated carbocycles. The van der Waals surface area contributed by atoms with Crippen LogP contribution >= 0.6 is 11.3 Å². The number of nitrogens with one attached hydrogen (secondary N) is 1. The quantitative estimate of drug-likeness (QED) is 0.935. The van der Waals surface area contributed by atoms with Gasteiger partial charge in [0.15, 0.2) is 0 Å². The molecule has 1 aliphatic carbocycles. The monoisotopic (exact) mass is 276 g/mol. The van der Waals surface area contributed by atoms with Crippen LogP contribution in [0.25, 0.3) is 10.4 Å². The normalized spacial score (nSPS) is 14.4. The smallest absolute Gasteiger partial charge is 0.271 e. The lowest BCUT2D eigenvalue weighted by Crippen LogP contribution is -2.26. The Balaban J connectivity index is 2.01. The SMILES string of the molecule is Cc1nc(C(=O)NC2CC2)c(-c2ccccc2F)s1. The number of nitrogens with zero attached hydrogens (tertiary/aromatic N) is 1. The van der Waals surface area contributed by atoms with Gasteiger partial charge >= 0.3 is 0 Å². The third-order valence-electron chi connectivity index (χ3n) is 2.98. The number of aromatic nitrogens is 1. The molecule has 2 aromatic rings. The molecule has 0 aliphatic heterocycles. The lowest BCUT2D eigenvalue weighted by molar-refractivity contribution is 0.0947. The molecule has 1 aliphatic rings. The molecule has 1 fully saturated rings. The van der Waals surface area contributed by atoms with Crippen molar-refractivity contribution in [1.82, 2.24) is 10.3 Å². The molecule has 19 heavy (non-hydrogen) atoms. The van der Waals surface area contributed by atoms with Crippen LogP contribution < -0.4 is 5.32 Å². The molecule has 3 rings (SSSR count). The maximum Gasteiger partial charge on any atom is 0.271 e. The largest absolute Gasteiger partial charge is 0.348 e. The third-order valence-corrected chi connectivity index (χ3v) is 3.98. The van der Waals surface area contributed by atoms with Crippen molar-refractivity contribution in [3.8, 4) is 10.4 Å². The maximum atomic E-state index is 13.9. The maximum absolute atomic E-state index is 13.9. The van der Waals surface area contributed by atoms with Crippen LogP contribution in [0.2, 0.25) is 0 Å². The number of halogens is 1. The Morgan fingerprint density at radius 2 is 2.16 bits per heavy atom. The Hall–Kier alpha value is -1.75. The van der Waals surface area contributed by atoms with Crippen molar-refractivity contribution in [1.29, 1.82) is 0 Å². The molecule has 0 spiro atoms. The van der Waals surface area contributed by atoms with E-state index in [-0.39, 0.29) is 17.8 Å². The van der Waals surface area contributed by atoms with Gasteiger partial charge in [0.2, 0.25) is 0 Å². The molecule has 0 radical (unpaired) electrons. The van der Waals surface area contributed by atoms with Gasteiger partial charge in [0.05, 0.1) is 9.88 Å². The van der Waals surface area contributed by atoms with E-state index in [9.17, 15) is 9.18 Å². The van der Waals surface area contributed by atoms with Crippen LogP contribution in [0.5, 0.6) is 0 Å². The highest BCUT2D eigenvalue weighted by molar-refractivity contribution is 7.15. The molecule has 0 unspecified atom stereocenters. The van der Waals surface area contributed by atoms with E-state index in [4.69, 9.17) is 0 Å². The van der Waals surface area contributed by atoms with Crippen molar-refractivity contribution in [3.05, 3.63) is 40.8 Å². The van der Waals surface area contributed by atoms with Crippen molar-refractivity contribution in [2.75, 3.05) is 0 Å². The second kappa shape index (κ2) is 4.74. The number of amides is 1. The predicted molar refractivity (Wildman–Crippen MR) is 72.7 cm³/mol. The van der Waals surface area contributed by atoms with E-state index < -0.39 is 0 Å². The van der Waals surface area contributed by atoms with Gasteiger partial charge in [-0.3, -0.25) is 4.79 Å². The van der Waals surface area contributed by atoms with Gasteiger partial charge in [0.1, 0.15) is 11.5 Å². The van der Waals surface area contributed by atoms with Crippen molar-refractivity contribution in [2.24, 2.45) is 0 Å². The number of rotatable bonds is 3. The molecule has 1 N–H and O–H groups in total. The molecule has 1 aromatic heterocycles. The molecule has 1 amide bonds. The van der Waals surface area contributed by atoms with Crippen LogP contribution in [-0.2, 0) is 0 Å². The molecular formula is C14H13FN2OS. The van der Waals surface area contributed by atoms with Crippen molar-refractivity contribution >= 4 is 17.2 Å². The summed E-state index contributed by atoms with van der Waals surface area (Å²) in [5.41, 5.74) is 0.772. The van der Waals surface area contributed by atoms with E-state index in [1.807, 2.05) is 6.92 Å². The molecule has 1 aromatic carbocycles. The van der Waals surface area contributed by atoms with Crippen molar-refractivity contribution in [3.63, 3.8) is 0 Å². The number of aryl methyl sites for hydroxylation is 1. The average molecular weight is 276 g/mol. The molecule has 5 heteroatoms. The minimum absolute atomic E-state index is 0.204. The minimum Gasteiger partial charge on any atom is -0.348 e. The van der Waals surface area contributed by atoms with Crippen LogP contribution in [0.1, 0.15) is 28.3 Å². The highest BCUT2D eigenvalue weighted by Gasteiger charge is 2.27. The Labute approximate surface area is 114 Å². The van der Waals surface area contributed by atoms with Gasteiger partial charge in [0.25, 0.3) is 5.91 Å². The first-order chi connectivity index (χ1) is 9.15. The zero-order chi connectivity index (χ0) is 13.4. The number of hydrogen-bond acceptors (Lipinski definition) is 3. The number of hydrogen-bond donors (Lipinski definition) is 1. The summed E-state index contributed by atoms with van der Waals surface area (Å²) in [6, 6.07) is 6.73. The molecule has 1 heterocycles. The lowest BCUT2D eigenvalue weighted by Gasteiger charge is -2.04. The highest BCUT2D eigenvalue weighted by Crippen LogP contribution is 2.32. The summed E-state index contributed by atoms with van der Waals surface area (Å²) >= 11 is 1.35. The first-order valence-corrected chi connectivity index (χ1v) is 7.00. The fourth-order valence-electron chi connectivity index (χ4n) is 1.89. The summed E-state index contributed by atoms with van der Waals surface area (Å²) in [5.74, 6) is -0.531. The summed E-state index contributed by atoms with van der Waals surface area (Å²) in [7, 11) is 0. The van der Waals surface area contributed by atoms with E-state index in [0.717, 1.165) is 17.8 Å². The van der Waals surface area contributed by atoms with Crippen LogP contribution in [0.15, 0.2) is 24.3 Å². The van der Waals surface area contributed by atoms with Gasteiger partial charge in [-0.1, -0.05) is 18.2 Å². The van der Waals surface area contributed by atoms with E-state index in [1.54, 1.807) is 18.2 Å². The average Bonchev–Trinajstić information content (AvgIpc) is 3.10. The lowest BCUT2D eigenvalue weighted by atomic mass is 10.1. The number of thiazole rings is 1. The van der Waals surface area contributed by atoms with Crippen molar-refractivity contribution < 1.29 is 9.18 Å². The minimum atomic E-state index is -0.327. The standard InChI is InChI=1S/C14H13FN2OS/c1-8-16-12(14(18)17-9-6-7-9)13(19-8)10-4-2-3-5-11(10)15/h2-5,9H,6-7H2,1H3,(H,17,18).